The molecular formula is C27H26N4O3. The van der Waals surface area contributed by atoms with Gasteiger partial charge in [-0.25, -0.2) is 4.79 Å². The van der Waals surface area contributed by atoms with Crippen molar-refractivity contribution in [3.8, 4) is 11.4 Å². The number of amides is 2. The summed E-state index contributed by atoms with van der Waals surface area (Å²) in [4.78, 5) is 19.5. The maximum atomic E-state index is 13.2. The fraction of sp³-hybridized carbons (Fsp3) is 0.222. The molecule has 1 unspecified atom stereocenters. The Morgan fingerprint density at radius 2 is 1.79 bits per heavy atom. The minimum atomic E-state index is -0.425. The number of hydrogen-bond acceptors (Lipinski definition) is 5. The highest BCUT2D eigenvalue weighted by Gasteiger charge is 2.36. The number of benzene rings is 2. The zero-order chi connectivity index (χ0) is 23.8. The van der Waals surface area contributed by atoms with Gasteiger partial charge in [-0.15, -0.1) is 0 Å². The van der Waals surface area contributed by atoms with Crippen molar-refractivity contribution in [2.45, 2.75) is 40.3 Å². The molecule has 3 heterocycles. The third-order valence-electron chi connectivity index (χ3n) is 6.32. The molecule has 1 atom stereocenters. The number of aryl methyl sites for hydroxylation is 3. The summed E-state index contributed by atoms with van der Waals surface area (Å²) in [5.41, 5.74) is 6.82. The zero-order valence-corrected chi connectivity index (χ0v) is 19.6. The zero-order valence-electron chi connectivity index (χ0n) is 19.6. The molecule has 2 amide bonds. The number of nitrogens with one attached hydrogen (secondary N) is 1. The van der Waals surface area contributed by atoms with E-state index in [9.17, 15) is 4.79 Å². The number of rotatable bonds is 5. The molecule has 172 valence electrons. The van der Waals surface area contributed by atoms with E-state index in [2.05, 4.69) is 36.5 Å². The van der Waals surface area contributed by atoms with Gasteiger partial charge in [0.1, 0.15) is 5.76 Å². The van der Waals surface area contributed by atoms with Crippen LogP contribution in [0.25, 0.3) is 17.0 Å². The minimum absolute atomic E-state index is 0.209. The van der Waals surface area contributed by atoms with E-state index in [1.54, 1.807) is 17.2 Å². The molecule has 0 spiro atoms. The lowest BCUT2D eigenvalue weighted by atomic mass is 9.92. The van der Waals surface area contributed by atoms with E-state index in [1.165, 1.54) is 5.56 Å². The predicted octanol–water partition coefficient (Wildman–Crippen LogP) is 5.95. The first-order valence-electron chi connectivity index (χ1n) is 11.2. The lowest BCUT2D eigenvalue weighted by molar-refractivity contribution is 0.199. The number of carbonyl (C=O) groups excluding carboxylic acids is 1. The summed E-state index contributed by atoms with van der Waals surface area (Å²) in [5.74, 6) is 1.56. The fourth-order valence-corrected chi connectivity index (χ4v) is 4.15. The molecule has 5 rings (SSSR count). The second-order valence-corrected chi connectivity index (χ2v) is 8.68. The highest BCUT2D eigenvalue weighted by atomic mass is 16.5. The number of allylic oxidation sites excluding steroid dienone is 1. The van der Waals surface area contributed by atoms with Crippen molar-refractivity contribution in [3.05, 3.63) is 100 Å². The molecular weight excluding hydrogens is 428 g/mol. The van der Waals surface area contributed by atoms with Crippen LogP contribution >= 0.6 is 0 Å². The molecule has 2 aromatic carbocycles. The molecule has 1 N–H and O–H groups in total. The van der Waals surface area contributed by atoms with Crippen molar-refractivity contribution in [1.82, 2.24) is 20.4 Å². The minimum Gasteiger partial charge on any atom is -0.467 e. The molecule has 0 saturated heterocycles. The maximum absolute atomic E-state index is 13.2. The summed E-state index contributed by atoms with van der Waals surface area (Å²) >= 11 is 0. The predicted molar refractivity (Wildman–Crippen MR) is 129 cm³/mol. The number of urea groups is 1. The van der Waals surface area contributed by atoms with Gasteiger partial charge in [0.25, 0.3) is 5.89 Å². The summed E-state index contributed by atoms with van der Waals surface area (Å²) < 4.78 is 11.3. The monoisotopic (exact) mass is 454 g/mol. The Balaban J connectivity index is 1.61. The van der Waals surface area contributed by atoms with Crippen molar-refractivity contribution in [3.63, 3.8) is 0 Å². The van der Waals surface area contributed by atoms with Gasteiger partial charge in [0.2, 0.25) is 5.82 Å². The van der Waals surface area contributed by atoms with Gasteiger partial charge in [-0.05, 0) is 56.5 Å². The Morgan fingerprint density at radius 1 is 1.00 bits per heavy atom. The Kier molecular flexibility index (Phi) is 5.53. The van der Waals surface area contributed by atoms with Gasteiger partial charge in [0.05, 0.1) is 24.4 Å². The van der Waals surface area contributed by atoms with Gasteiger partial charge in [0, 0.05) is 11.3 Å². The number of aromatic nitrogens is 2. The van der Waals surface area contributed by atoms with Crippen molar-refractivity contribution in [2.75, 3.05) is 0 Å². The highest BCUT2D eigenvalue weighted by molar-refractivity contribution is 5.86. The first kappa shape index (κ1) is 21.7. The molecule has 1 aliphatic heterocycles. The van der Waals surface area contributed by atoms with Crippen LogP contribution in [0.2, 0.25) is 0 Å². The van der Waals surface area contributed by atoms with Crippen LogP contribution in [0.4, 0.5) is 4.79 Å². The molecule has 0 radical (unpaired) electrons. The molecule has 4 aromatic rings. The van der Waals surface area contributed by atoms with Gasteiger partial charge in [-0.1, -0.05) is 53.2 Å². The maximum Gasteiger partial charge on any atom is 0.322 e. The molecule has 7 heteroatoms. The van der Waals surface area contributed by atoms with Gasteiger partial charge in [-0.2, -0.15) is 4.98 Å². The normalized spacial score (nSPS) is 16.2. The second-order valence-electron chi connectivity index (χ2n) is 8.68. The first-order valence-corrected chi connectivity index (χ1v) is 11.2. The van der Waals surface area contributed by atoms with E-state index in [-0.39, 0.29) is 6.03 Å². The molecule has 34 heavy (non-hydrogen) atoms. The lowest BCUT2D eigenvalue weighted by Crippen LogP contribution is -2.45. The van der Waals surface area contributed by atoms with Gasteiger partial charge in [-0.3, -0.25) is 4.90 Å². The number of nitrogens with zero attached hydrogens (tertiary/aromatic N) is 3. The summed E-state index contributed by atoms with van der Waals surface area (Å²) in [6.45, 7) is 8.36. The Bertz CT molecular complexity index is 1370. The van der Waals surface area contributed by atoms with E-state index in [1.807, 2.05) is 50.2 Å². The molecule has 0 bridgehead atoms. The van der Waals surface area contributed by atoms with Crippen molar-refractivity contribution >= 4 is 11.6 Å². The Labute approximate surface area is 198 Å². The third-order valence-corrected chi connectivity index (χ3v) is 6.32. The van der Waals surface area contributed by atoms with Crippen LogP contribution in [-0.4, -0.2) is 21.1 Å². The Hall–Kier alpha value is -4.13. The van der Waals surface area contributed by atoms with Crippen LogP contribution < -0.4 is 5.32 Å². The van der Waals surface area contributed by atoms with Crippen LogP contribution in [0.15, 0.2) is 75.5 Å². The van der Waals surface area contributed by atoms with Crippen LogP contribution in [-0.2, 0) is 6.54 Å². The quantitative estimate of drug-likeness (QED) is 0.403. The van der Waals surface area contributed by atoms with Crippen molar-refractivity contribution < 1.29 is 13.7 Å². The van der Waals surface area contributed by atoms with Crippen LogP contribution in [0.3, 0.4) is 0 Å². The first-order chi connectivity index (χ1) is 16.4. The summed E-state index contributed by atoms with van der Waals surface area (Å²) in [6.07, 6.45) is 1.60. The standard InChI is InChI=1S/C27H26N4O3/c1-16-7-10-20(11-8-16)25-29-26(34-30-25)23-19(4)31(15-22-6-5-13-33-22)27(32)28-24(23)21-12-9-17(2)18(3)14-21/h5-14,24H,15H2,1-4H3,(H,28,32). The smallest absolute Gasteiger partial charge is 0.322 e. The van der Waals surface area contributed by atoms with Crippen molar-refractivity contribution in [1.29, 1.82) is 0 Å². The number of hydrogen-bond donors (Lipinski definition) is 1. The van der Waals surface area contributed by atoms with Crippen LogP contribution in [0.5, 0.6) is 0 Å². The molecule has 0 aliphatic carbocycles. The van der Waals surface area contributed by atoms with Crippen LogP contribution in [0, 0.1) is 20.8 Å². The average Bonchev–Trinajstić information content (AvgIpc) is 3.51. The van der Waals surface area contributed by atoms with Gasteiger partial charge < -0.3 is 14.3 Å². The highest BCUT2D eigenvalue weighted by Crippen LogP contribution is 2.38. The topological polar surface area (TPSA) is 84.4 Å². The largest absolute Gasteiger partial charge is 0.467 e. The molecule has 7 nitrogen and oxygen atoms in total. The number of carbonyl (C=O) groups is 1. The van der Waals surface area contributed by atoms with Gasteiger partial charge in [0.15, 0.2) is 0 Å². The van der Waals surface area contributed by atoms with E-state index in [4.69, 9.17) is 13.9 Å². The van der Waals surface area contributed by atoms with Gasteiger partial charge >= 0.3 is 6.03 Å². The summed E-state index contributed by atoms with van der Waals surface area (Å²) in [6, 6.07) is 17.2. The molecule has 1 aliphatic rings. The van der Waals surface area contributed by atoms with E-state index < -0.39 is 6.04 Å². The molecule has 0 fully saturated rings. The van der Waals surface area contributed by atoms with E-state index in [0.717, 1.165) is 33.5 Å². The fourth-order valence-electron chi connectivity index (χ4n) is 4.15. The van der Waals surface area contributed by atoms with Crippen LogP contribution in [0.1, 0.15) is 46.9 Å². The van der Waals surface area contributed by atoms with E-state index in [0.29, 0.717) is 24.0 Å². The SMILES string of the molecule is CC1=C(c2nc(-c3ccc(C)cc3)no2)C(c2ccc(C)c(C)c2)NC(=O)N1Cc1ccco1. The average molecular weight is 455 g/mol. The van der Waals surface area contributed by atoms with E-state index >= 15 is 0 Å². The lowest BCUT2D eigenvalue weighted by Gasteiger charge is -2.34. The molecule has 0 saturated carbocycles. The number of furan rings is 1. The second kappa shape index (κ2) is 8.67. The van der Waals surface area contributed by atoms with Crippen molar-refractivity contribution in [2.24, 2.45) is 0 Å². The molecule has 2 aromatic heterocycles. The Morgan fingerprint density at radius 3 is 2.50 bits per heavy atom. The summed E-state index contributed by atoms with van der Waals surface area (Å²) in [7, 11) is 0. The third kappa shape index (κ3) is 4.01. The summed E-state index contributed by atoms with van der Waals surface area (Å²) in [5, 5.41) is 7.37.